The molecule has 0 unspecified atom stereocenters. The number of hydrogen-bond donors (Lipinski definition) is 0. The van der Waals surface area contributed by atoms with E-state index < -0.39 is 0 Å². The first kappa shape index (κ1) is 30.6. The fourth-order valence-electron chi connectivity index (χ4n) is 9.31. The highest BCUT2D eigenvalue weighted by atomic mass is 16.5. The van der Waals surface area contributed by atoms with Crippen LogP contribution in [0.3, 0.4) is 0 Å². The molecule has 1 aliphatic heterocycles. The minimum absolute atomic E-state index is 0.638. The molecule has 0 atom stereocenters. The summed E-state index contributed by atoms with van der Waals surface area (Å²) in [6.07, 6.45) is 0. The van der Waals surface area contributed by atoms with E-state index in [1.165, 1.54) is 43.4 Å². The minimum Gasteiger partial charge on any atom is -0.456 e. The number of rotatable bonds is 3. The van der Waals surface area contributed by atoms with E-state index in [0.29, 0.717) is 5.95 Å². The number of aromatic nitrogens is 4. The van der Waals surface area contributed by atoms with Crippen LogP contribution in [0.4, 0.5) is 0 Å². The molecule has 264 valence electrons. The Balaban J connectivity index is 1.01. The van der Waals surface area contributed by atoms with E-state index in [2.05, 4.69) is 155 Å². The first-order valence-corrected chi connectivity index (χ1v) is 19.3. The van der Waals surface area contributed by atoms with Gasteiger partial charge in [-0.15, -0.1) is 0 Å². The Hall–Kier alpha value is -7.76. The normalized spacial score (nSPS) is 12.4. The van der Waals surface area contributed by atoms with Gasteiger partial charge in [0.15, 0.2) is 0 Å². The van der Waals surface area contributed by atoms with Crippen molar-refractivity contribution >= 4 is 76.1 Å². The van der Waals surface area contributed by atoms with E-state index in [0.717, 1.165) is 72.3 Å². The van der Waals surface area contributed by atoms with Gasteiger partial charge in [-0.25, -0.2) is 9.97 Å². The first-order chi connectivity index (χ1) is 28.2. The third-order valence-electron chi connectivity index (χ3n) is 11.9. The monoisotopic (exact) mass is 726 g/mol. The van der Waals surface area contributed by atoms with Crippen molar-refractivity contribution in [3.05, 3.63) is 182 Å². The van der Waals surface area contributed by atoms with E-state index >= 15 is 0 Å². The smallest absolute Gasteiger partial charge is 0.235 e. The molecule has 13 rings (SSSR count). The van der Waals surface area contributed by atoms with Crippen molar-refractivity contribution < 1.29 is 4.74 Å². The maximum absolute atomic E-state index is 6.30. The lowest BCUT2D eigenvalue weighted by atomic mass is 10.0. The Labute approximate surface area is 326 Å². The van der Waals surface area contributed by atoms with E-state index in [1.54, 1.807) is 0 Å². The molecule has 5 nitrogen and oxygen atoms in total. The van der Waals surface area contributed by atoms with Crippen LogP contribution in [0.15, 0.2) is 182 Å². The maximum atomic E-state index is 6.30. The number of fused-ring (bicyclic) bond motifs is 11. The molecule has 57 heavy (non-hydrogen) atoms. The van der Waals surface area contributed by atoms with Crippen molar-refractivity contribution in [1.82, 2.24) is 19.1 Å². The predicted molar refractivity (Wildman–Crippen MR) is 234 cm³/mol. The fourth-order valence-corrected chi connectivity index (χ4v) is 9.31. The van der Waals surface area contributed by atoms with E-state index in [9.17, 15) is 0 Å². The standard InChI is InChI=1S/C52H30N4O/c1-2-11-36-31(10-1)20-21-32-22-25-35(30-41(32)36)55-44-16-6-3-12-37(44)39-26-23-34(29-47(39)55)33-24-27-46-42(28-33)38-13-4-7-17-45(38)56(46)52-53-43-15-9-19-49-50(43)51(54-52)40-14-5-8-18-48(40)57-49/h1-30H. The average molecular weight is 727 g/mol. The van der Waals surface area contributed by atoms with Crippen LogP contribution in [0.2, 0.25) is 0 Å². The Bertz CT molecular complexity index is 3690. The minimum atomic E-state index is 0.638. The molecule has 12 aromatic rings. The van der Waals surface area contributed by atoms with Crippen LogP contribution in [0.1, 0.15) is 0 Å². The van der Waals surface area contributed by atoms with Gasteiger partial charge in [0.25, 0.3) is 0 Å². The lowest BCUT2D eigenvalue weighted by molar-refractivity contribution is 0.486. The third kappa shape index (κ3) is 4.34. The van der Waals surface area contributed by atoms with Gasteiger partial charge in [-0.3, -0.25) is 4.57 Å². The van der Waals surface area contributed by atoms with Crippen LogP contribution >= 0.6 is 0 Å². The van der Waals surface area contributed by atoms with Gasteiger partial charge in [0.05, 0.1) is 38.7 Å². The van der Waals surface area contributed by atoms with Gasteiger partial charge in [0, 0.05) is 32.8 Å². The predicted octanol–water partition coefficient (Wildman–Crippen LogP) is 13.6. The van der Waals surface area contributed by atoms with Gasteiger partial charge >= 0.3 is 0 Å². The molecular weight excluding hydrogens is 697 g/mol. The largest absolute Gasteiger partial charge is 0.456 e. The number of hydrogen-bond acceptors (Lipinski definition) is 3. The molecule has 0 saturated heterocycles. The van der Waals surface area contributed by atoms with E-state index in [4.69, 9.17) is 14.7 Å². The number of ether oxygens (including phenoxy) is 1. The Morgan fingerprint density at radius 3 is 1.93 bits per heavy atom. The SMILES string of the molecule is c1ccc2c(c1)Oc1cccc3nc(-n4c5ccccc5c5cc(-c6ccc7c8ccccc8n(-c8ccc9ccc%10ccccc%10c9c8)c7c6)ccc54)nc-2c13. The molecule has 0 amide bonds. The summed E-state index contributed by atoms with van der Waals surface area (Å²) >= 11 is 0. The molecule has 9 aromatic carbocycles. The van der Waals surface area contributed by atoms with Crippen molar-refractivity contribution in [2.75, 3.05) is 0 Å². The highest BCUT2D eigenvalue weighted by Crippen LogP contribution is 2.46. The highest BCUT2D eigenvalue weighted by molar-refractivity contribution is 6.14. The van der Waals surface area contributed by atoms with Crippen LogP contribution in [0.25, 0.3) is 110 Å². The number of para-hydroxylation sites is 3. The summed E-state index contributed by atoms with van der Waals surface area (Å²) in [6.45, 7) is 0. The quantitative estimate of drug-likeness (QED) is 0.170. The molecule has 0 spiro atoms. The van der Waals surface area contributed by atoms with Gasteiger partial charge in [-0.05, 0) is 99.4 Å². The summed E-state index contributed by atoms with van der Waals surface area (Å²) < 4.78 is 10.9. The molecule has 0 saturated carbocycles. The van der Waals surface area contributed by atoms with Gasteiger partial charge in [-0.1, -0.05) is 115 Å². The molecule has 0 fully saturated rings. The first-order valence-electron chi connectivity index (χ1n) is 19.3. The summed E-state index contributed by atoms with van der Waals surface area (Å²) in [6, 6.07) is 65.1. The molecule has 0 N–H and O–H groups in total. The van der Waals surface area contributed by atoms with Gasteiger partial charge in [-0.2, -0.15) is 0 Å². The van der Waals surface area contributed by atoms with Crippen molar-refractivity contribution in [2.45, 2.75) is 0 Å². The second-order valence-electron chi connectivity index (χ2n) is 15.0. The number of nitrogens with zero attached hydrogens (tertiary/aromatic N) is 4. The Kier molecular flexibility index (Phi) is 6.10. The fraction of sp³-hybridized carbons (Fsp3) is 0. The average Bonchev–Trinajstić information content (AvgIpc) is 3.78. The molecule has 0 bridgehead atoms. The zero-order chi connectivity index (χ0) is 37.2. The van der Waals surface area contributed by atoms with Gasteiger partial charge < -0.3 is 9.30 Å². The molecule has 0 radical (unpaired) electrons. The van der Waals surface area contributed by atoms with Crippen LogP contribution in [0.5, 0.6) is 11.5 Å². The van der Waals surface area contributed by atoms with Crippen LogP contribution < -0.4 is 4.74 Å². The lowest BCUT2D eigenvalue weighted by Gasteiger charge is -2.20. The molecule has 0 aliphatic carbocycles. The van der Waals surface area contributed by atoms with E-state index in [1.807, 2.05) is 36.4 Å². The van der Waals surface area contributed by atoms with Crippen molar-refractivity contribution in [1.29, 1.82) is 0 Å². The third-order valence-corrected chi connectivity index (χ3v) is 11.9. The topological polar surface area (TPSA) is 44.9 Å². The molecule has 5 heteroatoms. The van der Waals surface area contributed by atoms with Crippen LogP contribution in [-0.4, -0.2) is 19.1 Å². The maximum Gasteiger partial charge on any atom is 0.235 e. The highest BCUT2D eigenvalue weighted by Gasteiger charge is 2.24. The van der Waals surface area contributed by atoms with Crippen molar-refractivity contribution in [3.8, 4) is 45.5 Å². The van der Waals surface area contributed by atoms with Crippen molar-refractivity contribution in [2.24, 2.45) is 0 Å². The lowest BCUT2D eigenvalue weighted by Crippen LogP contribution is -2.06. The zero-order valence-electron chi connectivity index (χ0n) is 30.5. The summed E-state index contributed by atoms with van der Waals surface area (Å²) in [5, 5.41) is 10.7. The Morgan fingerprint density at radius 1 is 0.386 bits per heavy atom. The number of benzene rings is 9. The second kappa shape index (κ2) is 11.4. The van der Waals surface area contributed by atoms with Gasteiger partial charge in [0.1, 0.15) is 11.5 Å². The van der Waals surface area contributed by atoms with E-state index in [-0.39, 0.29) is 0 Å². The molecule has 4 heterocycles. The van der Waals surface area contributed by atoms with Crippen LogP contribution in [-0.2, 0) is 0 Å². The van der Waals surface area contributed by atoms with Crippen molar-refractivity contribution in [3.63, 3.8) is 0 Å². The molecular formula is C52H30N4O. The summed E-state index contributed by atoms with van der Waals surface area (Å²) in [7, 11) is 0. The summed E-state index contributed by atoms with van der Waals surface area (Å²) in [5.74, 6) is 2.23. The Morgan fingerprint density at radius 2 is 1.04 bits per heavy atom. The molecule has 3 aromatic heterocycles. The van der Waals surface area contributed by atoms with Gasteiger partial charge in [0.2, 0.25) is 5.95 Å². The molecule has 1 aliphatic rings. The van der Waals surface area contributed by atoms with Crippen LogP contribution in [0, 0.1) is 0 Å². The summed E-state index contributed by atoms with van der Waals surface area (Å²) in [5.41, 5.74) is 10.7. The second-order valence-corrected chi connectivity index (χ2v) is 15.0. The zero-order valence-corrected chi connectivity index (χ0v) is 30.5. The summed E-state index contributed by atoms with van der Waals surface area (Å²) in [4.78, 5) is 10.5.